The molecule has 0 amide bonds. The summed E-state index contributed by atoms with van der Waals surface area (Å²) < 4.78 is 20.1. The molecule has 0 bridgehead atoms. The Balaban J connectivity index is 2.16. The molecule has 5 unspecified atom stereocenters. The first kappa shape index (κ1) is 15.9. The molecule has 2 rings (SSSR count). The molecule has 0 radical (unpaired) electrons. The Morgan fingerprint density at radius 2 is 2.00 bits per heavy atom. The third kappa shape index (κ3) is 3.39. The van der Waals surface area contributed by atoms with Gasteiger partial charge in [0.05, 0.1) is 12.2 Å². The molecular weight excluding hydrogens is 323 g/mol. The average Bonchev–Trinajstić information content (AvgIpc) is 2.60. The second-order valence-electron chi connectivity index (χ2n) is 5.74. The van der Waals surface area contributed by atoms with Crippen molar-refractivity contribution < 1.29 is 9.13 Å². The molecule has 0 spiro atoms. The van der Waals surface area contributed by atoms with Gasteiger partial charge in [-0.05, 0) is 49.9 Å². The Kier molecular flexibility index (Phi) is 5.18. The predicted octanol–water partition coefficient (Wildman–Crippen LogP) is 3.02. The third-order valence-corrected chi connectivity index (χ3v) is 4.83. The van der Waals surface area contributed by atoms with Crippen LogP contribution in [-0.4, -0.2) is 18.2 Å². The summed E-state index contributed by atoms with van der Waals surface area (Å²) in [6.07, 6.45) is 1.06. The van der Waals surface area contributed by atoms with Gasteiger partial charge in [-0.15, -0.1) is 0 Å². The molecule has 1 aliphatic rings. The van der Waals surface area contributed by atoms with E-state index >= 15 is 0 Å². The number of hydrazine groups is 1. The summed E-state index contributed by atoms with van der Waals surface area (Å²) in [4.78, 5) is 0. The smallest absolute Gasteiger partial charge is 0.124 e. The predicted molar refractivity (Wildman–Crippen MR) is 81.6 cm³/mol. The van der Waals surface area contributed by atoms with E-state index in [9.17, 15) is 4.39 Å². The maximum Gasteiger partial charge on any atom is 0.124 e. The molecule has 0 saturated carbocycles. The van der Waals surface area contributed by atoms with Crippen LogP contribution in [0.4, 0.5) is 4.39 Å². The highest BCUT2D eigenvalue weighted by Crippen LogP contribution is 2.35. The first-order valence-corrected chi connectivity index (χ1v) is 7.78. The van der Waals surface area contributed by atoms with E-state index in [-0.39, 0.29) is 24.1 Å². The molecular formula is C15H22BrFN2O. The minimum atomic E-state index is -0.234. The normalized spacial score (nSPS) is 31.5. The van der Waals surface area contributed by atoms with Crippen molar-refractivity contribution in [1.82, 2.24) is 5.43 Å². The van der Waals surface area contributed by atoms with Crippen LogP contribution in [0.15, 0.2) is 22.7 Å². The van der Waals surface area contributed by atoms with Crippen molar-refractivity contribution in [2.75, 3.05) is 0 Å². The molecule has 1 aromatic carbocycles. The number of rotatable bonds is 4. The van der Waals surface area contributed by atoms with E-state index in [1.807, 2.05) is 6.07 Å². The van der Waals surface area contributed by atoms with Crippen LogP contribution < -0.4 is 11.3 Å². The van der Waals surface area contributed by atoms with E-state index in [0.717, 1.165) is 10.0 Å². The van der Waals surface area contributed by atoms with E-state index in [0.29, 0.717) is 18.3 Å². The number of halogens is 2. The second kappa shape index (κ2) is 6.52. The third-order valence-electron chi connectivity index (χ3n) is 4.38. The summed E-state index contributed by atoms with van der Waals surface area (Å²) >= 11 is 3.33. The van der Waals surface area contributed by atoms with E-state index in [1.54, 1.807) is 6.07 Å². The van der Waals surface area contributed by atoms with Gasteiger partial charge in [-0.2, -0.15) is 0 Å². The Hall–Kier alpha value is -0.490. The lowest BCUT2D eigenvalue weighted by molar-refractivity contribution is 0.0476. The first-order chi connectivity index (χ1) is 9.42. The Bertz CT molecular complexity index is 451. The topological polar surface area (TPSA) is 47.3 Å². The minimum Gasteiger partial charge on any atom is -0.375 e. The molecule has 1 saturated heterocycles. The first-order valence-electron chi connectivity index (χ1n) is 6.99. The van der Waals surface area contributed by atoms with Crippen LogP contribution in [0, 0.1) is 17.7 Å². The van der Waals surface area contributed by atoms with Crippen molar-refractivity contribution in [1.29, 1.82) is 0 Å². The molecule has 3 nitrogen and oxygen atoms in total. The average molecular weight is 345 g/mol. The summed E-state index contributed by atoms with van der Waals surface area (Å²) in [5.41, 5.74) is 3.82. The zero-order valence-electron chi connectivity index (χ0n) is 12.1. The van der Waals surface area contributed by atoms with Crippen molar-refractivity contribution in [3.8, 4) is 0 Å². The number of ether oxygens (including phenoxy) is 1. The molecule has 20 heavy (non-hydrogen) atoms. The summed E-state index contributed by atoms with van der Waals surface area (Å²) in [5.74, 6) is 6.24. The van der Waals surface area contributed by atoms with Crippen molar-refractivity contribution in [2.24, 2.45) is 17.7 Å². The molecule has 3 N–H and O–H groups in total. The van der Waals surface area contributed by atoms with Gasteiger partial charge in [-0.25, -0.2) is 4.39 Å². The SMILES string of the molecule is CC1OC(C)C(C(Cc2cc(F)cc(Br)c2)NN)C1C. The molecule has 5 atom stereocenters. The Morgan fingerprint density at radius 1 is 1.30 bits per heavy atom. The monoisotopic (exact) mass is 344 g/mol. The van der Waals surface area contributed by atoms with Gasteiger partial charge in [-0.3, -0.25) is 11.3 Å². The molecule has 1 heterocycles. The zero-order valence-corrected chi connectivity index (χ0v) is 13.7. The molecule has 5 heteroatoms. The fourth-order valence-corrected chi connectivity index (χ4v) is 3.79. The van der Waals surface area contributed by atoms with E-state index in [1.165, 1.54) is 6.07 Å². The van der Waals surface area contributed by atoms with Gasteiger partial charge in [0, 0.05) is 16.4 Å². The maximum absolute atomic E-state index is 13.5. The van der Waals surface area contributed by atoms with Gasteiger partial charge in [0.15, 0.2) is 0 Å². The lowest BCUT2D eigenvalue weighted by Gasteiger charge is -2.28. The number of hydrogen-bond donors (Lipinski definition) is 2. The standard InChI is InChI=1S/C15H22BrFN2O/c1-8-9(2)20-10(3)15(8)14(19-18)6-11-4-12(16)7-13(17)5-11/h4-5,7-10,14-15,19H,6,18H2,1-3H3. The number of nitrogens with one attached hydrogen (secondary N) is 1. The van der Waals surface area contributed by atoms with E-state index < -0.39 is 0 Å². The molecule has 1 fully saturated rings. The van der Waals surface area contributed by atoms with E-state index in [2.05, 4.69) is 42.1 Å². The van der Waals surface area contributed by atoms with Crippen LogP contribution in [-0.2, 0) is 11.2 Å². The van der Waals surface area contributed by atoms with Gasteiger partial charge >= 0.3 is 0 Å². The lowest BCUT2D eigenvalue weighted by Crippen LogP contribution is -2.46. The van der Waals surface area contributed by atoms with Gasteiger partial charge in [-0.1, -0.05) is 22.9 Å². The highest BCUT2D eigenvalue weighted by Gasteiger charge is 2.41. The zero-order chi connectivity index (χ0) is 14.9. The molecule has 112 valence electrons. The van der Waals surface area contributed by atoms with Crippen LogP contribution in [0.5, 0.6) is 0 Å². The fraction of sp³-hybridized carbons (Fsp3) is 0.600. The van der Waals surface area contributed by atoms with Gasteiger partial charge in [0.2, 0.25) is 0 Å². The number of benzene rings is 1. The summed E-state index contributed by atoms with van der Waals surface area (Å²) in [6, 6.07) is 5.02. The summed E-state index contributed by atoms with van der Waals surface area (Å²) in [5, 5.41) is 0. The van der Waals surface area contributed by atoms with Crippen LogP contribution in [0.25, 0.3) is 0 Å². The Labute approximate surface area is 128 Å². The summed E-state index contributed by atoms with van der Waals surface area (Å²) in [7, 11) is 0. The lowest BCUT2D eigenvalue weighted by atomic mass is 9.81. The summed E-state index contributed by atoms with van der Waals surface area (Å²) in [6.45, 7) is 6.36. The van der Waals surface area contributed by atoms with E-state index in [4.69, 9.17) is 10.6 Å². The van der Waals surface area contributed by atoms with Crippen LogP contribution in [0.2, 0.25) is 0 Å². The number of hydrogen-bond acceptors (Lipinski definition) is 3. The van der Waals surface area contributed by atoms with Crippen LogP contribution in [0.3, 0.4) is 0 Å². The van der Waals surface area contributed by atoms with Crippen molar-refractivity contribution in [3.05, 3.63) is 34.1 Å². The Morgan fingerprint density at radius 3 is 2.50 bits per heavy atom. The van der Waals surface area contributed by atoms with Gasteiger partial charge in [0.1, 0.15) is 5.82 Å². The van der Waals surface area contributed by atoms with Crippen molar-refractivity contribution >= 4 is 15.9 Å². The number of nitrogens with two attached hydrogens (primary N) is 1. The largest absolute Gasteiger partial charge is 0.375 e. The van der Waals surface area contributed by atoms with Gasteiger partial charge < -0.3 is 4.74 Å². The van der Waals surface area contributed by atoms with Gasteiger partial charge in [0.25, 0.3) is 0 Å². The minimum absolute atomic E-state index is 0.0682. The second-order valence-corrected chi connectivity index (χ2v) is 6.65. The van der Waals surface area contributed by atoms with Crippen molar-refractivity contribution in [3.63, 3.8) is 0 Å². The molecule has 1 aliphatic heterocycles. The maximum atomic E-state index is 13.5. The molecule has 0 aromatic heterocycles. The molecule has 1 aromatic rings. The molecule has 0 aliphatic carbocycles. The highest BCUT2D eigenvalue weighted by atomic mass is 79.9. The van der Waals surface area contributed by atoms with Crippen LogP contribution >= 0.6 is 15.9 Å². The fourth-order valence-electron chi connectivity index (χ4n) is 3.28. The highest BCUT2D eigenvalue weighted by molar-refractivity contribution is 9.10. The van der Waals surface area contributed by atoms with Crippen LogP contribution in [0.1, 0.15) is 26.3 Å². The quantitative estimate of drug-likeness (QED) is 0.651. The van der Waals surface area contributed by atoms with Crippen molar-refractivity contribution in [2.45, 2.75) is 45.4 Å².